The number of carbonyl (C=O) groups excluding carboxylic acids is 1. The van der Waals surface area contributed by atoms with Crippen LogP contribution in [0.15, 0.2) is 54.6 Å². The lowest BCUT2D eigenvalue weighted by atomic mass is 10.1. The summed E-state index contributed by atoms with van der Waals surface area (Å²) in [6, 6.07) is 14.5. The first-order valence-corrected chi connectivity index (χ1v) is 10.9. The fourth-order valence-electron chi connectivity index (χ4n) is 3.92. The Hall–Kier alpha value is -2.99. The highest BCUT2D eigenvalue weighted by Gasteiger charge is 2.20. The fourth-order valence-corrected chi connectivity index (χ4v) is 3.92. The maximum absolute atomic E-state index is 13.0. The highest BCUT2D eigenvalue weighted by molar-refractivity contribution is 5.95. The van der Waals surface area contributed by atoms with E-state index in [2.05, 4.69) is 26.6 Å². The van der Waals surface area contributed by atoms with E-state index in [0.29, 0.717) is 18.0 Å². The first-order chi connectivity index (χ1) is 15.0. The van der Waals surface area contributed by atoms with Crippen LogP contribution in [0.5, 0.6) is 6.01 Å². The second kappa shape index (κ2) is 9.43. The van der Waals surface area contributed by atoms with Crippen molar-refractivity contribution in [3.8, 4) is 6.01 Å². The molecule has 0 saturated heterocycles. The minimum Gasteiger partial charge on any atom is -0.462 e. The molecule has 1 aromatic heterocycles. The minimum absolute atomic E-state index is 0.0508. The number of Topliss-reactive ketones (excluding diaryl/α,β-unsaturated/α-hetero) is 1. The summed E-state index contributed by atoms with van der Waals surface area (Å²) in [6.07, 6.45) is 4.43. The van der Waals surface area contributed by atoms with Crippen molar-refractivity contribution in [1.29, 1.82) is 0 Å². The molecular formula is C25H28FN3O2. The Bertz CT molecular complexity index is 1090. The molecule has 0 aliphatic carbocycles. The van der Waals surface area contributed by atoms with Crippen molar-refractivity contribution in [3.05, 3.63) is 66.0 Å². The molecule has 31 heavy (non-hydrogen) atoms. The van der Waals surface area contributed by atoms with Gasteiger partial charge in [0.2, 0.25) is 0 Å². The Morgan fingerprint density at radius 2 is 1.94 bits per heavy atom. The van der Waals surface area contributed by atoms with E-state index < -0.39 is 0 Å². The van der Waals surface area contributed by atoms with Crippen LogP contribution in [0.2, 0.25) is 0 Å². The maximum Gasteiger partial charge on any atom is 0.302 e. The van der Waals surface area contributed by atoms with Gasteiger partial charge in [0.15, 0.2) is 5.78 Å². The molecule has 0 saturated carbocycles. The van der Waals surface area contributed by atoms with Crippen LogP contribution < -0.4 is 4.74 Å². The lowest BCUT2D eigenvalue weighted by molar-refractivity contribution is 0.0975. The number of rotatable bonds is 8. The maximum atomic E-state index is 13.0. The number of hydrogen-bond acceptors (Lipinski definition) is 4. The van der Waals surface area contributed by atoms with Gasteiger partial charge in [-0.15, -0.1) is 0 Å². The Kier molecular flexibility index (Phi) is 6.47. The smallest absolute Gasteiger partial charge is 0.302 e. The number of halogens is 1. The fraction of sp³-hybridized carbons (Fsp3) is 0.360. The zero-order chi connectivity index (χ0) is 21.8. The molecule has 6 heteroatoms. The van der Waals surface area contributed by atoms with Crippen LogP contribution in [0.1, 0.15) is 43.5 Å². The molecule has 0 amide bonds. The molecule has 0 fully saturated rings. The highest BCUT2D eigenvalue weighted by Crippen LogP contribution is 2.29. The molecule has 5 nitrogen and oxygen atoms in total. The van der Waals surface area contributed by atoms with Crippen molar-refractivity contribution in [2.45, 2.75) is 39.2 Å². The summed E-state index contributed by atoms with van der Waals surface area (Å²) in [5.41, 5.74) is 3.76. The summed E-state index contributed by atoms with van der Waals surface area (Å²) in [5.74, 6) is -0.256. The number of nitrogens with zero attached hydrogens (tertiary/aromatic N) is 3. The average molecular weight is 422 g/mol. The molecule has 1 aliphatic heterocycles. The van der Waals surface area contributed by atoms with E-state index in [1.165, 1.54) is 17.8 Å². The van der Waals surface area contributed by atoms with Crippen LogP contribution in [-0.2, 0) is 0 Å². The molecule has 0 atom stereocenters. The van der Waals surface area contributed by atoms with E-state index in [1.807, 2.05) is 32.0 Å². The number of ketones is 1. The molecule has 3 aromatic rings. The molecular weight excluding hydrogens is 393 g/mol. The molecule has 0 radical (unpaired) electrons. The molecule has 4 rings (SSSR count). The Labute approximate surface area is 182 Å². The lowest BCUT2D eigenvalue weighted by Gasteiger charge is -2.27. The second-order valence-corrected chi connectivity index (χ2v) is 8.16. The summed E-state index contributed by atoms with van der Waals surface area (Å²) in [7, 11) is 0. The SMILES string of the molecule is CC(C)Oc1nc2ccccc2n1C1=CCN(CCCC(=O)c2ccc(F)cc2)CC1. The Balaban J connectivity index is 1.38. The first-order valence-electron chi connectivity index (χ1n) is 10.9. The third-order valence-corrected chi connectivity index (χ3v) is 5.47. The molecule has 0 unspecified atom stereocenters. The summed E-state index contributed by atoms with van der Waals surface area (Å²) in [6.45, 7) is 6.62. The number of carbonyl (C=O) groups is 1. The standard InChI is InChI=1S/C25H28FN3O2/c1-18(2)31-25-27-22-6-3-4-7-23(22)29(25)21-13-16-28(17-14-21)15-5-8-24(30)19-9-11-20(26)12-10-19/h3-4,6-7,9-13,18H,5,8,14-17H2,1-2H3. The number of para-hydroxylation sites is 2. The van der Waals surface area contributed by atoms with Crippen LogP contribution in [0.3, 0.4) is 0 Å². The third-order valence-electron chi connectivity index (χ3n) is 5.47. The van der Waals surface area contributed by atoms with Gasteiger partial charge in [-0.25, -0.2) is 4.39 Å². The molecule has 2 heterocycles. The molecule has 0 N–H and O–H groups in total. The normalized spacial score (nSPS) is 14.8. The summed E-state index contributed by atoms with van der Waals surface area (Å²) >= 11 is 0. The van der Waals surface area contributed by atoms with Gasteiger partial charge in [0.25, 0.3) is 0 Å². The average Bonchev–Trinajstić information content (AvgIpc) is 3.11. The molecule has 162 valence electrons. The van der Waals surface area contributed by atoms with Gasteiger partial charge in [-0.1, -0.05) is 18.2 Å². The van der Waals surface area contributed by atoms with Gasteiger partial charge in [-0.05, 0) is 63.2 Å². The van der Waals surface area contributed by atoms with E-state index in [1.54, 1.807) is 12.1 Å². The number of hydrogen-bond donors (Lipinski definition) is 0. The number of imidazole rings is 1. The van der Waals surface area contributed by atoms with Crippen molar-refractivity contribution in [1.82, 2.24) is 14.5 Å². The summed E-state index contributed by atoms with van der Waals surface area (Å²) in [5, 5.41) is 0. The third kappa shape index (κ3) is 5.02. The highest BCUT2D eigenvalue weighted by atomic mass is 19.1. The van der Waals surface area contributed by atoms with Crippen LogP contribution in [0.4, 0.5) is 4.39 Å². The van der Waals surface area contributed by atoms with Crippen molar-refractivity contribution in [2.24, 2.45) is 0 Å². The van der Waals surface area contributed by atoms with E-state index in [0.717, 1.165) is 43.5 Å². The zero-order valence-electron chi connectivity index (χ0n) is 18.1. The predicted molar refractivity (Wildman–Crippen MR) is 121 cm³/mol. The van der Waals surface area contributed by atoms with Crippen molar-refractivity contribution in [2.75, 3.05) is 19.6 Å². The quantitative estimate of drug-likeness (QED) is 0.471. The van der Waals surface area contributed by atoms with Gasteiger partial charge in [0, 0.05) is 37.2 Å². The monoisotopic (exact) mass is 421 g/mol. The molecule has 0 bridgehead atoms. The Morgan fingerprint density at radius 3 is 2.65 bits per heavy atom. The first kappa shape index (κ1) is 21.2. The van der Waals surface area contributed by atoms with Crippen molar-refractivity contribution < 1.29 is 13.9 Å². The molecule has 1 aliphatic rings. The van der Waals surface area contributed by atoms with Gasteiger partial charge in [0.1, 0.15) is 5.82 Å². The lowest BCUT2D eigenvalue weighted by Crippen LogP contribution is -2.30. The van der Waals surface area contributed by atoms with E-state index in [4.69, 9.17) is 4.74 Å². The largest absolute Gasteiger partial charge is 0.462 e. The van der Waals surface area contributed by atoms with E-state index in [9.17, 15) is 9.18 Å². The van der Waals surface area contributed by atoms with Crippen LogP contribution in [0, 0.1) is 5.82 Å². The molecule has 2 aromatic carbocycles. The predicted octanol–water partition coefficient (Wildman–Crippen LogP) is 5.17. The number of benzene rings is 2. The number of fused-ring (bicyclic) bond motifs is 1. The van der Waals surface area contributed by atoms with Crippen molar-refractivity contribution >= 4 is 22.5 Å². The van der Waals surface area contributed by atoms with Gasteiger partial charge < -0.3 is 4.74 Å². The van der Waals surface area contributed by atoms with Crippen LogP contribution >= 0.6 is 0 Å². The minimum atomic E-state index is -0.319. The van der Waals surface area contributed by atoms with Crippen LogP contribution in [0.25, 0.3) is 16.7 Å². The van der Waals surface area contributed by atoms with Gasteiger partial charge in [-0.3, -0.25) is 14.3 Å². The Morgan fingerprint density at radius 1 is 1.16 bits per heavy atom. The van der Waals surface area contributed by atoms with Crippen molar-refractivity contribution in [3.63, 3.8) is 0 Å². The van der Waals surface area contributed by atoms with Gasteiger partial charge >= 0.3 is 6.01 Å². The number of aromatic nitrogens is 2. The second-order valence-electron chi connectivity index (χ2n) is 8.16. The zero-order valence-corrected chi connectivity index (χ0v) is 18.1. The summed E-state index contributed by atoms with van der Waals surface area (Å²) < 4.78 is 21.1. The van der Waals surface area contributed by atoms with E-state index >= 15 is 0 Å². The van der Waals surface area contributed by atoms with E-state index in [-0.39, 0.29) is 17.7 Å². The topological polar surface area (TPSA) is 47.4 Å². The summed E-state index contributed by atoms with van der Waals surface area (Å²) in [4.78, 5) is 19.3. The van der Waals surface area contributed by atoms with Gasteiger partial charge in [-0.2, -0.15) is 4.98 Å². The van der Waals surface area contributed by atoms with Crippen LogP contribution in [-0.4, -0.2) is 46.0 Å². The molecule has 0 spiro atoms. The van der Waals surface area contributed by atoms with Gasteiger partial charge in [0.05, 0.1) is 17.1 Å². The number of ether oxygens (including phenoxy) is 1.